The van der Waals surface area contributed by atoms with Gasteiger partial charge in [-0.2, -0.15) is 19.6 Å². The van der Waals surface area contributed by atoms with Crippen molar-refractivity contribution in [2.24, 2.45) is 5.73 Å². The molecule has 218 valence electrons. The number of anilines is 3. The van der Waals surface area contributed by atoms with Crippen LogP contribution < -0.4 is 21.3 Å². The largest absolute Gasteiger partial charge is 0.350 e. The summed E-state index contributed by atoms with van der Waals surface area (Å²) in [7, 11) is 3.49. The molecule has 4 aromatic rings. The SMILES string of the molecule is CC(C)c1cnn2c(NCc3ccccc3C3=Cc4cccc(NC(=O)N(C)C)c4C3)nc(N3CCC(N)CC3)nc12. The maximum Gasteiger partial charge on any atom is 0.321 e. The number of fused-ring (bicyclic) bond motifs is 2. The number of hydrogen-bond donors (Lipinski definition) is 3. The zero-order chi connectivity index (χ0) is 29.4. The summed E-state index contributed by atoms with van der Waals surface area (Å²) in [6.45, 7) is 6.58. The van der Waals surface area contributed by atoms with Crippen LogP contribution in [0, 0.1) is 0 Å². The number of allylic oxidation sites excluding steroid dienone is 1. The maximum absolute atomic E-state index is 12.4. The number of nitrogens with one attached hydrogen (secondary N) is 2. The Morgan fingerprint density at radius 3 is 2.64 bits per heavy atom. The van der Waals surface area contributed by atoms with Gasteiger partial charge in [0, 0.05) is 57.4 Å². The molecule has 0 saturated carbocycles. The van der Waals surface area contributed by atoms with Gasteiger partial charge in [-0.25, -0.2) is 4.79 Å². The molecule has 2 aliphatic rings. The molecular formula is C32H39N9O. The summed E-state index contributed by atoms with van der Waals surface area (Å²) in [5, 5.41) is 11.3. The predicted octanol–water partition coefficient (Wildman–Crippen LogP) is 4.98. The molecule has 10 heteroatoms. The molecule has 1 aliphatic heterocycles. The monoisotopic (exact) mass is 565 g/mol. The Bertz CT molecular complexity index is 1650. The second kappa shape index (κ2) is 11.4. The number of carbonyl (C=O) groups excluding carboxylic acids is 1. The summed E-state index contributed by atoms with van der Waals surface area (Å²) >= 11 is 0. The number of carbonyl (C=O) groups is 1. The number of rotatable bonds is 7. The van der Waals surface area contributed by atoms with Gasteiger partial charge in [-0.3, -0.25) is 0 Å². The average Bonchev–Trinajstić information content (AvgIpc) is 3.62. The molecule has 6 rings (SSSR count). The summed E-state index contributed by atoms with van der Waals surface area (Å²) < 4.78 is 1.82. The lowest BCUT2D eigenvalue weighted by molar-refractivity contribution is 0.230. The molecule has 2 aromatic carbocycles. The average molecular weight is 566 g/mol. The van der Waals surface area contributed by atoms with E-state index in [1.54, 1.807) is 19.0 Å². The van der Waals surface area contributed by atoms with E-state index in [1.807, 2.05) is 22.8 Å². The first-order chi connectivity index (χ1) is 20.3. The van der Waals surface area contributed by atoms with Crippen LogP contribution in [0.25, 0.3) is 17.3 Å². The third kappa shape index (κ3) is 5.42. The number of amides is 2. The summed E-state index contributed by atoms with van der Waals surface area (Å²) in [6, 6.07) is 14.6. The number of hydrogen-bond acceptors (Lipinski definition) is 7. The van der Waals surface area contributed by atoms with Crippen molar-refractivity contribution in [3.63, 3.8) is 0 Å². The molecule has 0 unspecified atom stereocenters. The predicted molar refractivity (Wildman–Crippen MR) is 169 cm³/mol. The van der Waals surface area contributed by atoms with Crippen molar-refractivity contribution >= 4 is 40.9 Å². The Balaban J connectivity index is 1.28. The molecule has 0 radical (unpaired) electrons. The first-order valence-electron chi connectivity index (χ1n) is 14.7. The van der Waals surface area contributed by atoms with Gasteiger partial charge in [0.25, 0.3) is 0 Å². The van der Waals surface area contributed by atoms with Gasteiger partial charge >= 0.3 is 6.03 Å². The van der Waals surface area contributed by atoms with E-state index in [2.05, 4.69) is 70.9 Å². The van der Waals surface area contributed by atoms with Crippen LogP contribution in [0.3, 0.4) is 0 Å². The third-order valence-electron chi connectivity index (χ3n) is 8.19. The van der Waals surface area contributed by atoms with Crippen molar-refractivity contribution < 1.29 is 4.79 Å². The van der Waals surface area contributed by atoms with Crippen molar-refractivity contribution in [2.75, 3.05) is 42.7 Å². The summed E-state index contributed by atoms with van der Waals surface area (Å²) in [5.74, 6) is 1.68. The summed E-state index contributed by atoms with van der Waals surface area (Å²) in [4.78, 5) is 26.1. The molecule has 10 nitrogen and oxygen atoms in total. The molecule has 3 heterocycles. The molecule has 0 bridgehead atoms. The number of urea groups is 1. The number of nitrogens with two attached hydrogens (primary N) is 1. The highest BCUT2D eigenvalue weighted by molar-refractivity contribution is 5.96. The van der Waals surface area contributed by atoms with Gasteiger partial charge in [-0.05, 0) is 52.7 Å². The number of benzene rings is 2. The topological polar surface area (TPSA) is 117 Å². The third-order valence-corrected chi connectivity index (χ3v) is 8.19. The van der Waals surface area contributed by atoms with Crippen molar-refractivity contribution in [1.29, 1.82) is 0 Å². The molecule has 2 amide bonds. The fourth-order valence-electron chi connectivity index (χ4n) is 5.69. The van der Waals surface area contributed by atoms with E-state index in [9.17, 15) is 4.79 Å². The molecular weight excluding hydrogens is 526 g/mol. The maximum atomic E-state index is 12.4. The molecule has 0 spiro atoms. The van der Waals surface area contributed by atoms with Crippen LogP contribution in [0.1, 0.15) is 60.4 Å². The van der Waals surface area contributed by atoms with E-state index in [-0.39, 0.29) is 18.0 Å². The van der Waals surface area contributed by atoms with Crippen LogP contribution in [0.15, 0.2) is 48.7 Å². The standard InChI is InChI=1S/C32H39N9O/c1-20(2)27-19-35-41-29(27)37-31(40-14-12-24(33)13-15-40)38-30(41)34-18-22-8-5-6-10-25(22)23-16-21-9-7-11-28(26(21)17-23)36-32(42)39(3)4/h5-11,16,19-20,24H,12-15,17-18,33H2,1-4H3,(H,36,42)(H,34,37,38). The second-order valence-electron chi connectivity index (χ2n) is 11.7. The Hall–Kier alpha value is -4.44. The lowest BCUT2D eigenvalue weighted by Gasteiger charge is -2.30. The van der Waals surface area contributed by atoms with Crippen molar-refractivity contribution in [1.82, 2.24) is 24.5 Å². The Morgan fingerprint density at radius 1 is 1.10 bits per heavy atom. The normalized spacial score (nSPS) is 15.2. The van der Waals surface area contributed by atoms with Crippen molar-refractivity contribution in [3.05, 3.63) is 76.5 Å². The Kier molecular flexibility index (Phi) is 7.55. The zero-order valence-electron chi connectivity index (χ0n) is 24.8. The van der Waals surface area contributed by atoms with Gasteiger partial charge in [-0.1, -0.05) is 56.3 Å². The van der Waals surface area contributed by atoms with Crippen LogP contribution in [0.5, 0.6) is 0 Å². The Labute approximate surface area is 246 Å². The molecule has 1 aliphatic carbocycles. The van der Waals surface area contributed by atoms with Crippen LogP contribution in [0.4, 0.5) is 22.4 Å². The van der Waals surface area contributed by atoms with E-state index < -0.39 is 0 Å². The first-order valence-corrected chi connectivity index (χ1v) is 14.7. The van der Waals surface area contributed by atoms with Gasteiger partial charge in [0.15, 0.2) is 5.65 Å². The van der Waals surface area contributed by atoms with Gasteiger partial charge < -0.3 is 26.2 Å². The fourth-order valence-corrected chi connectivity index (χ4v) is 5.69. The minimum Gasteiger partial charge on any atom is -0.350 e. The van der Waals surface area contributed by atoms with E-state index in [1.165, 1.54) is 11.1 Å². The summed E-state index contributed by atoms with van der Waals surface area (Å²) in [6.07, 6.45) is 6.73. The van der Waals surface area contributed by atoms with Crippen LogP contribution in [-0.2, 0) is 13.0 Å². The summed E-state index contributed by atoms with van der Waals surface area (Å²) in [5.41, 5.74) is 14.8. The number of nitrogens with zero attached hydrogens (tertiary/aromatic N) is 6. The minimum absolute atomic E-state index is 0.136. The molecule has 4 N–H and O–H groups in total. The Morgan fingerprint density at radius 2 is 1.88 bits per heavy atom. The minimum atomic E-state index is -0.136. The van der Waals surface area contributed by atoms with E-state index in [0.29, 0.717) is 18.4 Å². The highest BCUT2D eigenvalue weighted by Gasteiger charge is 2.23. The first kappa shape index (κ1) is 27.7. The van der Waals surface area contributed by atoms with Gasteiger partial charge in [0.2, 0.25) is 11.9 Å². The fraction of sp³-hybridized carbons (Fsp3) is 0.375. The lowest BCUT2D eigenvalue weighted by Crippen LogP contribution is -2.40. The van der Waals surface area contributed by atoms with Crippen molar-refractivity contribution in [3.8, 4) is 0 Å². The molecule has 0 atom stereocenters. The molecule has 42 heavy (non-hydrogen) atoms. The molecule has 1 fully saturated rings. The number of piperidine rings is 1. The van der Waals surface area contributed by atoms with E-state index >= 15 is 0 Å². The number of aromatic nitrogens is 4. The van der Waals surface area contributed by atoms with Gasteiger partial charge in [-0.15, -0.1) is 0 Å². The van der Waals surface area contributed by atoms with Crippen LogP contribution in [0.2, 0.25) is 0 Å². The smallest absolute Gasteiger partial charge is 0.321 e. The van der Waals surface area contributed by atoms with E-state index in [4.69, 9.17) is 15.7 Å². The van der Waals surface area contributed by atoms with E-state index in [0.717, 1.165) is 65.9 Å². The highest BCUT2D eigenvalue weighted by Crippen LogP contribution is 2.37. The van der Waals surface area contributed by atoms with Gasteiger partial charge in [0.05, 0.1) is 6.20 Å². The van der Waals surface area contributed by atoms with Crippen LogP contribution >= 0.6 is 0 Å². The second-order valence-corrected chi connectivity index (χ2v) is 11.7. The van der Waals surface area contributed by atoms with Crippen LogP contribution in [-0.4, -0.2) is 63.7 Å². The molecule has 2 aromatic heterocycles. The zero-order valence-corrected chi connectivity index (χ0v) is 24.8. The van der Waals surface area contributed by atoms with Gasteiger partial charge in [0.1, 0.15) is 0 Å². The quantitative estimate of drug-likeness (QED) is 0.289. The lowest BCUT2D eigenvalue weighted by atomic mass is 9.97. The van der Waals surface area contributed by atoms with Crippen molar-refractivity contribution in [2.45, 2.75) is 51.6 Å². The molecule has 1 saturated heterocycles. The highest BCUT2D eigenvalue weighted by atomic mass is 16.2.